The molecule has 1 rings (SSSR count). The number of nitrogens with zero attached hydrogens (tertiary/aromatic N) is 3. The Morgan fingerprint density at radius 1 is 1.45 bits per heavy atom. The number of nitrogen functional groups attached to an aromatic ring is 1. The van der Waals surface area contributed by atoms with Gasteiger partial charge in [0, 0.05) is 14.1 Å². The summed E-state index contributed by atoms with van der Waals surface area (Å²) in [6.45, 7) is 0. The summed E-state index contributed by atoms with van der Waals surface area (Å²) in [4.78, 5) is 7.84. The molecule has 0 bridgehead atoms. The molecule has 0 fully saturated rings. The van der Waals surface area contributed by atoms with E-state index in [2.05, 4.69) is 15.4 Å². The zero-order valence-corrected chi connectivity index (χ0v) is 6.57. The first kappa shape index (κ1) is 7.74. The fraction of sp³-hybridized carbons (Fsp3) is 0.333. The third-order valence-corrected chi connectivity index (χ3v) is 0.991. The van der Waals surface area contributed by atoms with Gasteiger partial charge in [-0.25, -0.2) is 9.99 Å². The molecule has 0 saturated carbocycles. The number of anilines is 2. The van der Waals surface area contributed by atoms with Gasteiger partial charge in [-0.3, -0.25) is 4.98 Å². The molecule has 3 N–H and O–H groups in total. The quantitative estimate of drug-likeness (QED) is 0.583. The van der Waals surface area contributed by atoms with Crippen LogP contribution in [0.4, 0.5) is 11.6 Å². The molecule has 1 aromatic rings. The Labute approximate surface area is 65.2 Å². The highest BCUT2D eigenvalue weighted by molar-refractivity contribution is 5.37. The van der Waals surface area contributed by atoms with Crippen LogP contribution in [0.2, 0.25) is 0 Å². The van der Waals surface area contributed by atoms with Gasteiger partial charge in [-0.15, -0.1) is 0 Å². The van der Waals surface area contributed by atoms with E-state index in [0.29, 0.717) is 11.6 Å². The fourth-order valence-corrected chi connectivity index (χ4v) is 0.664. The van der Waals surface area contributed by atoms with Crippen molar-refractivity contribution in [2.45, 2.75) is 0 Å². The van der Waals surface area contributed by atoms with Crippen LogP contribution in [0.1, 0.15) is 0 Å². The highest BCUT2D eigenvalue weighted by atomic mass is 15.5. The van der Waals surface area contributed by atoms with Crippen molar-refractivity contribution < 1.29 is 0 Å². The van der Waals surface area contributed by atoms with E-state index in [1.54, 1.807) is 11.2 Å². The summed E-state index contributed by atoms with van der Waals surface area (Å²) in [6.07, 6.45) is 3.11. The molecule has 0 spiro atoms. The number of rotatable bonds is 2. The highest BCUT2D eigenvalue weighted by Gasteiger charge is 1.94. The summed E-state index contributed by atoms with van der Waals surface area (Å²) in [6, 6.07) is 0. The summed E-state index contributed by atoms with van der Waals surface area (Å²) in [5, 5.41) is 1.77. The van der Waals surface area contributed by atoms with E-state index >= 15 is 0 Å². The van der Waals surface area contributed by atoms with E-state index in [0.717, 1.165) is 0 Å². The molecular weight excluding hydrogens is 142 g/mol. The lowest BCUT2D eigenvalue weighted by atomic mass is 10.6. The largest absolute Gasteiger partial charge is 0.382 e. The number of hydrazine groups is 1. The van der Waals surface area contributed by atoms with Crippen LogP contribution in [-0.4, -0.2) is 29.1 Å². The van der Waals surface area contributed by atoms with Crippen molar-refractivity contribution in [3.8, 4) is 0 Å². The maximum atomic E-state index is 5.40. The van der Waals surface area contributed by atoms with E-state index in [9.17, 15) is 0 Å². The molecule has 0 radical (unpaired) electrons. The SMILES string of the molecule is CN(C)Nc1cncc(N)n1. The van der Waals surface area contributed by atoms with E-state index in [1.807, 2.05) is 14.1 Å². The minimum absolute atomic E-state index is 0.414. The molecule has 0 aliphatic carbocycles. The third kappa shape index (κ3) is 2.38. The molecule has 0 aliphatic rings. The standard InChI is InChI=1S/C6H11N5/c1-11(2)10-6-4-8-3-5(7)9-6/h3-4H,1-2H3,(H3,7,9,10). The summed E-state index contributed by atoms with van der Waals surface area (Å²) < 4.78 is 0. The lowest BCUT2D eigenvalue weighted by molar-refractivity contribution is 0.492. The Morgan fingerprint density at radius 2 is 2.18 bits per heavy atom. The van der Waals surface area contributed by atoms with E-state index in [4.69, 9.17) is 5.73 Å². The Kier molecular flexibility index (Phi) is 2.22. The molecule has 1 heterocycles. The molecule has 0 amide bonds. The second-order valence-electron chi connectivity index (χ2n) is 2.34. The monoisotopic (exact) mass is 153 g/mol. The minimum atomic E-state index is 0.414. The Bertz CT molecular complexity index is 234. The molecule has 0 unspecified atom stereocenters. The van der Waals surface area contributed by atoms with Crippen molar-refractivity contribution in [3.05, 3.63) is 12.4 Å². The van der Waals surface area contributed by atoms with Gasteiger partial charge in [-0.2, -0.15) is 0 Å². The molecule has 0 atom stereocenters. The number of nitrogens with two attached hydrogens (primary N) is 1. The van der Waals surface area contributed by atoms with Crippen LogP contribution in [0.25, 0.3) is 0 Å². The zero-order chi connectivity index (χ0) is 8.27. The number of nitrogens with one attached hydrogen (secondary N) is 1. The molecule has 1 aromatic heterocycles. The fourth-order valence-electron chi connectivity index (χ4n) is 0.664. The first-order valence-electron chi connectivity index (χ1n) is 3.20. The van der Waals surface area contributed by atoms with Crippen molar-refractivity contribution in [1.82, 2.24) is 15.0 Å². The molecule has 0 aromatic carbocycles. The minimum Gasteiger partial charge on any atom is -0.382 e. The van der Waals surface area contributed by atoms with E-state index < -0.39 is 0 Å². The highest BCUT2D eigenvalue weighted by Crippen LogP contribution is 2.01. The second kappa shape index (κ2) is 3.16. The second-order valence-corrected chi connectivity index (χ2v) is 2.34. The number of aromatic nitrogens is 2. The molecule has 5 nitrogen and oxygen atoms in total. The average molecular weight is 153 g/mol. The molecule has 0 saturated heterocycles. The van der Waals surface area contributed by atoms with Gasteiger partial charge in [0.15, 0.2) is 5.82 Å². The molecule has 11 heavy (non-hydrogen) atoms. The first-order chi connectivity index (χ1) is 5.18. The van der Waals surface area contributed by atoms with Crippen molar-refractivity contribution in [2.75, 3.05) is 25.3 Å². The van der Waals surface area contributed by atoms with Crippen molar-refractivity contribution in [3.63, 3.8) is 0 Å². The van der Waals surface area contributed by atoms with Crippen LogP contribution >= 0.6 is 0 Å². The summed E-state index contributed by atoms with van der Waals surface area (Å²) >= 11 is 0. The summed E-state index contributed by atoms with van der Waals surface area (Å²) in [5.41, 5.74) is 8.33. The summed E-state index contributed by atoms with van der Waals surface area (Å²) in [5.74, 6) is 1.06. The summed E-state index contributed by atoms with van der Waals surface area (Å²) in [7, 11) is 3.73. The zero-order valence-electron chi connectivity index (χ0n) is 6.57. The third-order valence-electron chi connectivity index (χ3n) is 0.991. The predicted molar refractivity (Wildman–Crippen MR) is 43.8 cm³/mol. The van der Waals surface area contributed by atoms with Crippen molar-refractivity contribution >= 4 is 11.6 Å². The Hall–Kier alpha value is -1.36. The van der Waals surface area contributed by atoms with E-state index in [-0.39, 0.29) is 0 Å². The maximum absolute atomic E-state index is 5.40. The van der Waals surface area contributed by atoms with Gasteiger partial charge in [0.05, 0.1) is 12.4 Å². The average Bonchev–Trinajstić information content (AvgIpc) is 1.85. The van der Waals surface area contributed by atoms with Crippen LogP contribution in [-0.2, 0) is 0 Å². The lowest BCUT2D eigenvalue weighted by Gasteiger charge is -2.11. The van der Waals surface area contributed by atoms with Crippen LogP contribution in [0.5, 0.6) is 0 Å². The smallest absolute Gasteiger partial charge is 0.161 e. The predicted octanol–water partition coefficient (Wildman–Crippen LogP) is -0.0527. The van der Waals surface area contributed by atoms with Crippen LogP contribution in [0.15, 0.2) is 12.4 Å². The van der Waals surface area contributed by atoms with Crippen LogP contribution < -0.4 is 11.2 Å². The van der Waals surface area contributed by atoms with Gasteiger partial charge in [-0.05, 0) is 0 Å². The maximum Gasteiger partial charge on any atom is 0.161 e. The molecule has 0 aliphatic heterocycles. The Balaban J connectivity index is 2.71. The number of hydrogen-bond donors (Lipinski definition) is 2. The molecular formula is C6H11N5. The topological polar surface area (TPSA) is 67.1 Å². The van der Waals surface area contributed by atoms with Gasteiger partial charge in [0.1, 0.15) is 5.82 Å². The van der Waals surface area contributed by atoms with Gasteiger partial charge in [0.2, 0.25) is 0 Å². The lowest BCUT2D eigenvalue weighted by Crippen LogP contribution is -2.20. The van der Waals surface area contributed by atoms with Crippen molar-refractivity contribution in [2.24, 2.45) is 0 Å². The molecule has 5 heteroatoms. The first-order valence-corrected chi connectivity index (χ1v) is 3.20. The molecule has 60 valence electrons. The van der Waals surface area contributed by atoms with E-state index in [1.165, 1.54) is 6.20 Å². The van der Waals surface area contributed by atoms with Gasteiger partial charge >= 0.3 is 0 Å². The normalized spacial score (nSPS) is 10.1. The van der Waals surface area contributed by atoms with Crippen molar-refractivity contribution in [1.29, 1.82) is 0 Å². The van der Waals surface area contributed by atoms with Crippen LogP contribution in [0, 0.1) is 0 Å². The van der Waals surface area contributed by atoms with Gasteiger partial charge in [0.25, 0.3) is 0 Å². The van der Waals surface area contributed by atoms with Gasteiger partial charge in [-0.1, -0.05) is 0 Å². The van der Waals surface area contributed by atoms with Gasteiger partial charge < -0.3 is 11.2 Å². The number of hydrogen-bond acceptors (Lipinski definition) is 5. The Morgan fingerprint density at radius 3 is 2.73 bits per heavy atom. The van der Waals surface area contributed by atoms with Crippen LogP contribution in [0.3, 0.4) is 0 Å².